The summed E-state index contributed by atoms with van der Waals surface area (Å²) in [6.07, 6.45) is 19.0. The van der Waals surface area contributed by atoms with Gasteiger partial charge in [0.2, 0.25) is 0 Å². The Hall–Kier alpha value is -0.750. The standard InChI is InChI=1S/C23H33Cl/c1-2-3-18-6-12-21(13-7-18)22-14-8-19(9-15-22)4-5-20-10-16-23(24)17-11-20/h2-3,10-11,16-19,21-22H,4-9,12-15H2,1H3/t18-,19-,21-,22-. The SMILES string of the molecule is CC=C[C@H]1CC[C@H]([C@H]2CC[C@H](CCc3ccc(Cl)cc3)CC2)CC1. The van der Waals surface area contributed by atoms with Gasteiger partial charge in [-0.1, -0.05) is 48.7 Å². The van der Waals surface area contributed by atoms with Crippen LogP contribution in [0.25, 0.3) is 0 Å². The van der Waals surface area contributed by atoms with Crippen molar-refractivity contribution in [2.24, 2.45) is 23.7 Å². The van der Waals surface area contributed by atoms with Crippen molar-refractivity contribution in [3.8, 4) is 0 Å². The zero-order valence-electron chi connectivity index (χ0n) is 15.2. The molecule has 0 radical (unpaired) electrons. The van der Waals surface area contributed by atoms with E-state index in [1.807, 2.05) is 12.1 Å². The number of benzene rings is 1. The van der Waals surface area contributed by atoms with Crippen LogP contribution >= 0.6 is 11.6 Å². The maximum atomic E-state index is 5.97. The smallest absolute Gasteiger partial charge is 0.0406 e. The van der Waals surface area contributed by atoms with Gasteiger partial charge in [0.05, 0.1) is 0 Å². The summed E-state index contributed by atoms with van der Waals surface area (Å²) >= 11 is 5.97. The van der Waals surface area contributed by atoms with Gasteiger partial charge in [-0.25, -0.2) is 0 Å². The van der Waals surface area contributed by atoms with Crippen LogP contribution in [0.5, 0.6) is 0 Å². The lowest BCUT2D eigenvalue weighted by Gasteiger charge is -2.37. The summed E-state index contributed by atoms with van der Waals surface area (Å²) in [5.74, 6) is 3.89. The second kappa shape index (κ2) is 9.09. The molecule has 2 aliphatic carbocycles. The Morgan fingerprint density at radius 2 is 1.46 bits per heavy atom. The number of hydrogen-bond donors (Lipinski definition) is 0. The average Bonchev–Trinajstić information content (AvgIpc) is 2.63. The number of hydrogen-bond acceptors (Lipinski definition) is 0. The third-order valence-electron chi connectivity index (χ3n) is 6.59. The first-order valence-corrected chi connectivity index (χ1v) is 10.5. The molecule has 0 bridgehead atoms. The summed E-state index contributed by atoms with van der Waals surface area (Å²) < 4.78 is 0. The van der Waals surface area contributed by atoms with Gasteiger partial charge in [0, 0.05) is 5.02 Å². The first-order chi connectivity index (χ1) is 11.7. The van der Waals surface area contributed by atoms with Crippen LogP contribution in [0.3, 0.4) is 0 Å². The third-order valence-corrected chi connectivity index (χ3v) is 6.85. The minimum Gasteiger partial charge on any atom is -0.0914 e. The lowest BCUT2D eigenvalue weighted by atomic mass is 9.68. The molecular formula is C23H33Cl. The number of aryl methyl sites for hydroxylation is 1. The second-order valence-corrected chi connectivity index (χ2v) is 8.58. The van der Waals surface area contributed by atoms with E-state index in [9.17, 15) is 0 Å². The highest BCUT2D eigenvalue weighted by Crippen LogP contribution is 2.42. The van der Waals surface area contributed by atoms with Gasteiger partial charge in [-0.2, -0.15) is 0 Å². The molecule has 132 valence electrons. The van der Waals surface area contributed by atoms with Crippen molar-refractivity contribution in [1.82, 2.24) is 0 Å². The predicted octanol–water partition coefficient (Wildman–Crippen LogP) is 7.46. The summed E-state index contributed by atoms with van der Waals surface area (Å²) in [5.41, 5.74) is 1.45. The molecule has 0 saturated heterocycles. The quantitative estimate of drug-likeness (QED) is 0.486. The molecule has 0 unspecified atom stereocenters. The molecule has 0 atom stereocenters. The van der Waals surface area contributed by atoms with Crippen LogP contribution in [0.1, 0.15) is 70.3 Å². The molecule has 24 heavy (non-hydrogen) atoms. The van der Waals surface area contributed by atoms with Crippen LogP contribution < -0.4 is 0 Å². The number of allylic oxidation sites excluding steroid dienone is 2. The Bertz CT molecular complexity index is 499. The predicted molar refractivity (Wildman–Crippen MR) is 105 cm³/mol. The molecule has 2 fully saturated rings. The minimum absolute atomic E-state index is 0.850. The van der Waals surface area contributed by atoms with Gasteiger partial charge in [0.15, 0.2) is 0 Å². The summed E-state index contributed by atoms with van der Waals surface area (Å²) in [6, 6.07) is 8.43. The highest BCUT2D eigenvalue weighted by molar-refractivity contribution is 6.30. The lowest BCUT2D eigenvalue weighted by Crippen LogP contribution is -2.25. The molecule has 0 aliphatic heterocycles. The third kappa shape index (κ3) is 5.12. The zero-order chi connectivity index (χ0) is 16.8. The normalized spacial score (nSPS) is 31.4. The zero-order valence-corrected chi connectivity index (χ0v) is 16.0. The van der Waals surface area contributed by atoms with Crippen LogP contribution in [0, 0.1) is 23.7 Å². The molecule has 0 amide bonds. The highest BCUT2D eigenvalue weighted by Gasteiger charge is 2.30. The Kier molecular flexibility index (Phi) is 6.84. The largest absolute Gasteiger partial charge is 0.0914 e. The number of halogens is 1. The molecule has 0 spiro atoms. The van der Waals surface area contributed by atoms with Crippen LogP contribution in [-0.2, 0) is 6.42 Å². The van der Waals surface area contributed by atoms with E-state index in [1.54, 1.807) is 0 Å². The van der Waals surface area contributed by atoms with Crippen LogP contribution in [0.4, 0.5) is 0 Å². The molecule has 1 heteroatoms. The van der Waals surface area contributed by atoms with Crippen molar-refractivity contribution in [1.29, 1.82) is 0 Å². The first-order valence-electron chi connectivity index (χ1n) is 10.1. The molecule has 0 nitrogen and oxygen atoms in total. The maximum Gasteiger partial charge on any atom is 0.0406 e. The topological polar surface area (TPSA) is 0 Å². The summed E-state index contributed by atoms with van der Waals surface area (Å²) in [7, 11) is 0. The monoisotopic (exact) mass is 344 g/mol. The molecule has 3 rings (SSSR count). The van der Waals surface area contributed by atoms with E-state index in [-0.39, 0.29) is 0 Å². The van der Waals surface area contributed by atoms with E-state index < -0.39 is 0 Å². The van der Waals surface area contributed by atoms with Crippen LogP contribution in [-0.4, -0.2) is 0 Å². The Labute approximate surface area is 153 Å². The summed E-state index contributed by atoms with van der Waals surface area (Å²) in [4.78, 5) is 0. The fourth-order valence-electron chi connectivity index (χ4n) is 5.05. The molecule has 0 aromatic heterocycles. The minimum atomic E-state index is 0.850. The molecule has 2 saturated carbocycles. The van der Waals surface area contributed by atoms with E-state index in [2.05, 4.69) is 31.2 Å². The van der Waals surface area contributed by atoms with E-state index >= 15 is 0 Å². The first kappa shape index (κ1) is 18.1. The summed E-state index contributed by atoms with van der Waals surface area (Å²) in [5, 5.41) is 0.850. The van der Waals surface area contributed by atoms with Gasteiger partial charge in [-0.3, -0.25) is 0 Å². The van der Waals surface area contributed by atoms with Crippen molar-refractivity contribution in [2.75, 3.05) is 0 Å². The number of rotatable bonds is 5. The van der Waals surface area contributed by atoms with Gasteiger partial charge >= 0.3 is 0 Å². The Balaban J connectivity index is 1.37. The molecule has 0 N–H and O–H groups in total. The summed E-state index contributed by atoms with van der Waals surface area (Å²) in [6.45, 7) is 2.16. The van der Waals surface area contributed by atoms with Gasteiger partial charge in [0.25, 0.3) is 0 Å². The molecule has 0 heterocycles. The fourth-order valence-corrected chi connectivity index (χ4v) is 5.18. The van der Waals surface area contributed by atoms with Gasteiger partial charge in [0.1, 0.15) is 0 Å². The van der Waals surface area contributed by atoms with Crippen molar-refractivity contribution in [3.05, 3.63) is 47.0 Å². The van der Waals surface area contributed by atoms with Crippen molar-refractivity contribution in [2.45, 2.75) is 71.1 Å². The van der Waals surface area contributed by atoms with E-state index in [4.69, 9.17) is 11.6 Å². The molecule has 2 aliphatic rings. The van der Waals surface area contributed by atoms with Gasteiger partial charge in [-0.05, 0) is 99.7 Å². The highest BCUT2D eigenvalue weighted by atomic mass is 35.5. The Morgan fingerprint density at radius 3 is 2.04 bits per heavy atom. The van der Waals surface area contributed by atoms with Crippen molar-refractivity contribution < 1.29 is 0 Å². The van der Waals surface area contributed by atoms with Crippen molar-refractivity contribution in [3.63, 3.8) is 0 Å². The molecule has 1 aromatic carbocycles. The van der Waals surface area contributed by atoms with E-state index in [1.165, 1.54) is 69.8 Å². The van der Waals surface area contributed by atoms with E-state index in [0.29, 0.717) is 0 Å². The lowest BCUT2D eigenvalue weighted by molar-refractivity contribution is 0.152. The van der Waals surface area contributed by atoms with Crippen molar-refractivity contribution >= 4 is 11.6 Å². The Morgan fingerprint density at radius 1 is 0.875 bits per heavy atom. The molecular weight excluding hydrogens is 312 g/mol. The van der Waals surface area contributed by atoms with Gasteiger partial charge < -0.3 is 0 Å². The molecule has 1 aromatic rings. The maximum absolute atomic E-state index is 5.97. The average molecular weight is 345 g/mol. The van der Waals surface area contributed by atoms with Gasteiger partial charge in [-0.15, -0.1) is 0 Å². The fraction of sp³-hybridized carbons (Fsp3) is 0.652. The van der Waals surface area contributed by atoms with Crippen LogP contribution in [0.15, 0.2) is 36.4 Å². The second-order valence-electron chi connectivity index (χ2n) is 8.15. The van der Waals surface area contributed by atoms with E-state index in [0.717, 1.165) is 28.7 Å². The van der Waals surface area contributed by atoms with Crippen LogP contribution in [0.2, 0.25) is 5.02 Å².